The van der Waals surface area contributed by atoms with E-state index in [1.807, 2.05) is 48.5 Å². The highest BCUT2D eigenvalue weighted by molar-refractivity contribution is 5.90. The topological polar surface area (TPSA) is 66.9 Å². The van der Waals surface area contributed by atoms with Gasteiger partial charge in [-0.1, -0.05) is 24.3 Å². The van der Waals surface area contributed by atoms with E-state index < -0.39 is 5.97 Å². The van der Waals surface area contributed by atoms with Gasteiger partial charge in [0, 0.05) is 6.20 Å². The molecule has 0 N–H and O–H groups in total. The Bertz CT molecular complexity index is 884. The molecule has 0 radical (unpaired) electrons. The molecule has 0 saturated heterocycles. The lowest BCUT2D eigenvalue weighted by molar-refractivity contribution is 0.0450. The van der Waals surface area contributed by atoms with E-state index in [1.54, 1.807) is 31.5 Å². The van der Waals surface area contributed by atoms with Gasteiger partial charge in [0.1, 0.15) is 25.6 Å². The van der Waals surface area contributed by atoms with Crippen LogP contribution < -0.4 is 14.2 Å². The van der Waals surface area contributed by atoms with Gasteiger partial charge >= 0.3 is 5.97 Å². The summed E-state index contributed by atoms with van der Waals surface area (Å²) < 4.78 is 21.8. The number of aromatic nitrogens is 1. The lowest BCUT2D eigenvalue weighted by Crippen LogP contribution is -2.12. The zero-order chi connectivity index (χ0) is 19.6. The fourth-order valence-electron chi connectivity index (χ4n) is 2.45. The fourth-order valence-corrected chi connectivity index (χ4v) is 2.45. The molecular weight excluding hydrogens is 358 g/mol. The number of pyridine rings is 1. The number of esters is 1. The van der Waals surface area contributed by atoms with Crippen molar-refractivity contribution in [3.05, 3.63) is 84.2 Å². The Labute approximate surface area is 163 Å². The maximum atomic E-state index is 12.3. The molecule has 0 bridgehead atoms. The van der Waals surface area contributed by atoms with Gasteiger partial charge in [-0.05, 0) is 42.5 Å². The van der Waals surface area contributed by atoms with Crippen molar-refractivity contribution in [2.75, 3.05) is 20.3 Å². The van der Waals surface area contributed by atoms with E-state index in [0.29, 0.717) is 17.1 Å². The first-order chi connectivity index (χ1) is 13.8. The Morgan fingerprint density at radius 3 is 2.46 bits per heavy atom. The second-order valence-electron chi connectivity index (χ2n) is 5.77. The molecular formula is C22H21NO5. The van der Waals surface area contributed by atoms with Gasteiger partial charge in [-0.25, -0.2) is 4.79 Å². The van der Waals surface area contributed by atoms with E-state index in [-0.39, 0.29) is 19.8 Å². The van der Waals surface area contributed by atoms with Gasteiger partial charge in [-0.2, -0.15) is 0 Å². The van der Waals surface area contributed by atoms with E-state index >= 15 is 0 Å². The van der Waals surface area contributed by atoms with Crippen LogP contribution in [0.3, 0.4) is 0 Å². The molecule has 0 fully saturated rings. The third-order valence-electron chi connectivity index (χ3n) is 3.83. The summed E-state index contributed by atoms with van der Waals surface area (Å²) in [6.07, 6.45) is 1.70. The average Bonchev–Trinajstić information content (AvgIpc) is 2.76. The van der Waals surface area contributed by atoms with E-state index in [4.69, 9.17) is 18.9 Å². The Morgan fingerprint density at radius 1 is 0.893 bits per heavy atom. The normalized spacial score (nSPS) is 10.2. The first-order valence-corrected chi connectivity index (χ1v) is 8.82. The predicted octanol–water partition coefficient (Wildman–Crippen LogP) is 3.91. The molecule has 0 spiro atoms. The van der Waals surface area contributed by atoms with E-state index in [0.717, 1.165) is 11.4 Å². The van der Waals surface area contributed by atoms with Crippen LogP contribution in [0.5, 0.6) is 17.2 Å². The van der Waals surface area contributed by atoms with Crippen LogP contribution in [0.1, 0.15) is 16.1 Å². The van der Waals surface area contributed by atoms with Crippen LogP contribution in [0.25, 0.3) is 0 Å². The van der Waals surface area contributed by atoms with Crippen molar-refractivity contribution in [1.29, 1.82) is 0 Å². The summed E-state index contributed by atoms with van der Waals surface area (Å²) in [6, 6.07) is 19.8. The summed E-state index contributed by atoms with van der Waals surface area (Å²) in [5, 5.41) is 0. The SMILES string of the molecule is COc1ccc(C(=O)OCCOc2ccccc2)cc1OCc1ccccn1. The van der Waals surface area contributed by atoms with Crippen LogP contribution in [0.4, 0.5) is 0 Å². The van der Waals surface area contributed by atoms with Gasteiger partial charge in [-0.3, -0.25) is 4.98 Å². The van der Waals surface area contributed by atoms with Crippen LogP contribution in [0.15, 0.2) is 72.9 Å². The first kappa shape index (κ1) is 19.2. The molecule has 0 aliphatic rings. The number of hydrogen-bond donors (Lipinski definition) is 0. The summed E-state index contributed by atoms with van der Waals surface area (Å²) in [5.74, 6) is 1.25. The van der Waals surface area contributed by atoms with Gasteiger partial charge in [0.2, 0.25) is 0 Å². The number of rotatable bonds is 9. The quantitative estimate of drug-likeness (QED) is 0.415. The van der Waals surface area contributed by atoms with E-state index in [9.17, 15) is 4.79 Å². The van der Waals surface area contributed by atoms with Gasteiger partial charge in [0.15, 0.2) is 11.5 Å². The fraction of sp³-hybridized carbons (Fsp3) is 0.182. The Morgan fingerprint density at radius 2 is 1.71 bits per heavy atom. The number of ether oxygens (including phenoxy) is 4. The molecule has 28 heavy (non-hydrogen) atoms. The molecule has 0 unspecified atom stereocenters. The van der Waals surface area contributed by atoms with Crippen LogP contribution in [-0.4, -0.2) is 31.3 Å². The third-order valence-corrected chi connectivity index (χ3v) is 3.83. The number of nitrogens with zero attached hydrogens (tertiary/aromatic N) is 1. The van der Waals surface area contributed by atoms with Crippen molar-refractivity contribution < 1.29 is 23.7 Å². The lowest BCUT2D eigenvalue weighted by Gasteiger charge is -2.12. The van der Waals surface area contributed by atoms with Gasteiger partial charge in [-0.15, -0.1) is 0 Å². The molecule has 0 aliphatic heterocycles. The number of carbonyl (C=O) groups is 1. The van der Waals surface area contributed by atoms with Crippen molar-refractivity contribution in [2.24, 2.45) is 0 Å². The van der Waals surface area contributed by atoms with Crippen molar-refractivity contribution in [1.82, 2.24) is 4.98 Å². The van der Waals surface area contributed by atoms with E-state index in [1.165, 1.54) is 0 Å². The molecule has 1 heterocycles. The maximum Gasteiger partial charge on any atom is 0.338 e. The Balaban J connectivity index is 1.55. The molecule has 6 nitrogen and oxygen atoms in total. The van der Waals surface area contributed by atoms with Crippen LogP contribution in [0, 0.1) is 0 Å². The highest BCUT2D eigenvalue weighted by atomic mass is 16.6. The van der Waals surface area contributed by atoms with Crippen molar-refractivity contribution in [2.45, 2.75) is 6.61 Å². The zero-order valence-electron chi connectivity index (χ0n) is 15.5. The van der Waals surface area contributed by atoms with Gasteiger partial charge < -0.3 is 18.9 Å². The highest BCUT2D eigenvalue weighted by Gasteiger charge is 2.13. The number of methoxy groups -OCH3 is 1. The lowest BCUT2D eigenvalue weighted by atomic mass is 10.2. The minimum Gasteiger partial charge on any atom is -0.493 e. The summed E-state index contributed by atoms with van der Waals surface area (Å²) >= 11 is 0. The maximum absolute atomic E-state index is 12.3. The molecule has 3 aromatic rings. The zero-order valence-corrected chi connectivity index (χ0v) is 15.5. The summed E-state index contributed by atoms with van der Waals surface area (Å²) in [4.78, 5) is 16.5. The first-order valence-electron chi connectivity index (χ1n) is 8.82. The molecule has 6 heteroatoms. The molecule has 3 rings (SSSR count). The second-order valence-corrected chi connectivity index (χ2v) is 5.77. The van der Waals surface area contributed by atoms with Gasteiger partial charge in [0.05, 0.1) is 18.4 Å². The standard InChI is InChI=1S/C22H21NO5/c1-25-20-11-10-17(15-21(20)28-16-18-7-5-6-12-23-18)22(24)27-14-13-26-19-8-3-2-4-9-19/h2-12,15H,13-14,16H2,1H3. The summed E-state index contributed by atoms with van der Waals surface area (Å²) in [5.41, 5.74) is 1.15. The van der Waals surface area contributed by atoms with Crippen LogP contribution in [0.2, 0.25) is 0 Å². The van der Waals surface area contributed by atoms with Crippen molar-refractivity contribution >= 4 is 5.97 Å². The van der Waals surface area contributed by atoms with Crippen LogP contribution in [-0.2, 0) is 11.3 Å². The average molecular weight is 379 g/mol. The molecule has 0 aliphatic carbocycles. The minimum absolute atomic E-state index is 0.143. The third kappa shape index (κ3) is 5.48. The van der Waals surface area contributed by atoms with E-state index in [2.05, 4.69) is 4.98 Å². The summed E-state index contributed by atoms with van der Waals surface area (Å²) in [7, 11) is 1.54. The monoisotopic (exact) mass is 379 g/mol. The van der Waals surface area contributed by atoms with Crippen LogP contribution >= 0.6 is 0 Å². The van der Waals surface area contributed by atoms with Crippen molar-refractivity contribution in [3.8, 4) is 17.2 Å². The largest absolute Gasteiger partial charge is 0.493 e. The second kappa shape index (κ2) is 9.97. The van der Waals surface area contributed by atoms with Gasteiger partial charge in [0.25, 0.3) is 0 Å². The molecule has 0 saturated carbocycles. The Hall–Kier alpha value is -3.54. The number of benzene rings is 2. The predicted molar refractivity (Wildman–Crippen MR) is 104 cm³/mol. The number of carbonyl (C=O) groups excluding carboxylic acids is 1. The molecule has 144 valence electrons. The molecule has 2 aromatic carbocycles. The minimum atomic E-state index is -0.456. The highest BCUT2D eigenvalue weighted by Crippen LogP contribution is 2.29. The molecule has 0 atom stereocenters. The number of para-hydroxylation sites is 1. The van der Waals surface area contributed by atoms with Crippen molar-refractivity contribution in [3.63, 3.8) is 0 Å². The summed E-state index contributed by atoms with van der Waals surface area (Å²) in [6.45, 7) is 0.680. The molecule has 0 amide bonds. The smallest absolute Gasteiger partial charge is 0.338 e. The molecule has 1 aromatic heterocycles. The Kier molecular flexibility index (Phi) is 6.84. The number of hydrogen-bond acceptors (Lipinski definition) is 6.